The van der Waals surface area contributed by atoms with Crippen molar-refractivity contribution < 1.29 is 0 Å². The number of hydrogen-bond acceptors (Lipinski definition) is 2. The van der Waals surface area contributed by atoms with Crippen molar-refractivity contribution in [3.63, 3.8) is 0 Å². The summed E-state index contributed by atoms with van der Waals surface area (Å²) in [5, 5.41) is 0. The lowest BCUT2D eigenvalue weighted by molar-refractivity contribution is 0.104. The monoisotopic (exact) mass is 250 g/mol. The van der Waals surface area contributed by atoms with E-state index in [0.29, 0.717) is 5.41 Å². The highest BCUT2D eigenvalue weighted by molar-refractivity contribution is 4.90. The Morgan fingerprint density at radius 1 is 0.889 bits per heavy atom. The zero-order chi connectivity index (χ0) is 12.4. The molecule has 3 saturated carbocycles. The summed E-state index contributed by atoms with van der Waals surface area (Å²) < 4.78 is 0. The minimum Gasteiger partial charge on any atom is -0.330 e. The summed E-state index contributed by atoms with van der Waals surface area (Å²) in [7, 11) is 0. The number of rotatable bonds is 7. The van der Waals surface area contributed by atoms with E-state index in [9.17, 15) is 0 Å². The largest absolute Gasteiger partial charge is 0.330 e. The Balaban J connectivity index is 1.57. The van der Waals surface area contributed by atoms with Crippen LogP contribution in [0.3, 0.4) is 0 Å². The fourth-order valence-corrected chi connectivity index (χ4v) is 3.74. The van der Waals surface area contributed by atoms with Crippen molar-refractivity contribution in [2.24, 2.45) is 23.0 Å². The van der Waals surface area contributed by atoms with E-state index < -0.39 is 0 Å². The maximum atomic E-state index is 6.15. The quantitative estimate of drug-likeness (QED) is 0.752. The molecule has 0 aromatic heterocycles. The second-order valence-corrected chi connectivity index (χ2v) is 7.35. The van der Waals surface area contributed by atoms with E-state index >= 15 is 0 Å². The van der Waals surface area contributed by atoms with Gasteiger partial charge in [-0.1, -0.05) is 19.3 Å². The van der Waals surface area contributed by atoms with Gasteiger partial charge in [0.2, 0.25) is 0 Å². The molecule has 0 aromatic carbocycles. The summed E-state index contributed by atoms with van der Waals surface area (Å²) >= 11 is 0. The predicted octanol–water partition coefficient (Wildman–Crippen LogP) is 3.02. The average molecular weight is 250 g/mol. The van der Waals surface area contributed by atoms with Gasteiger partial charge in [-0.3, -0.25) is 0 Å². The summed E-state index contributed by atoms with van der Waals surface area (Å²) in [6.45, 7) is 4.96. The van der Waals surface area contributed by atoms with Gasteiger partial charge in [-0.25, -0.2) is 0 Å². The Hall–Kier alpha value is -0.0800. The number of nitrogens with zero attached hydrogens (tertiary/aromatic N) is 1. The van der Waals surface area contributed by atoms with Crippen molar-refractivity contribution in [1.29, 1.82) is 0 Å². The Labute approximate surface area is 112 Å². The molecule has 0 saturated heterocycles. The highest BCUT2D eigenvalue weighted by Crippen LogP contribution is 2.39. The van der Waals surface area contributed by atoms with Crippen LogP contribution < -0.4 is 5.73 Å². The summed E-state index contributed by atoms with van der Waals surface area (Å²) in [5.74, 6) is 2.06. The smallest absolute Gasteiger partial charge is 0.00503 e. The first-order valence-electron chi connectivity index (χ1n) is 8.22. The highest BCUT2D eigenvalue weighted by Gasteiger charge is 2.36. The molecule has 0 spiro atoms. The maximum Gasteiger partial charge on any atom is 0.00503 e. The lowest BCUT2D eigenvalue weighted by atomic mass is 9.73. The lowest BCUT2D eigenvalue weighted by Gasteiger charge is -2.40. The van der Waals surface area contributed by atoms with Crippen LogP contribution in [0.15, 0.2) is 0 Å². The maximum absolute atomic E-state index is 6.15. The fraction of sp³-hybridized carbons (Fsp3) is 1.00. The number of nitrogens with two attached hydrogens (primary N) is 1. The summed E-state index contributed by atoms with van der Waals surface area (Å²) in [6.07, 6.45) is 13.0. The van der Waals surface area contributed by atoms with Crippen LogP contribution in [-0.4, -0.2) is 31.1 Å². The van der Waals surface area contributed by atoms with Gasteiger partial charge in [-0.15, -0.1) is 0 Å². The minimum atomic E-state index is 0.474. The molecular formula is C16H30N2. The highest BCUT2D eigenvalue weighted by atomic mass is 15.1. The van der Waals surface area contributed by atoms with Gasteiger partial charge in [0.15, 0.2) is 0 Å². The van der Waals surface area contributed by atoms with Crippen LogP contribution in [0.1, 0.15) is 57.8 Å². The van der Waals surface area contributed by atoms with Crippen molar-refractivity contribution in [3.05, 3.63) is 0 Å². The molecule has 3 fully saturated rings. The zero-order valence-electron chi connectivity index (χ0n) is 11.9. The zero-order valence-corrected chi connectivity index (χ0v) is 11.9. The predicted molar refractivity (Wildman–Crippen MR) is 76.5 cm³/mol. The first-order valence-corrected chi connectivity index (χ1v) is 8.22. The molecular weight excluding hydrogens is 220 g/mol. The summed E-state index contributed by atoms with van der Waals surface area (Å²) in [4.78, 5) is 2.80. The molecule has 0 aliphatic heterocycles. The van der Waals surface area contributed by atoms with Gasteiger partial charge in [0.1, 0.15) is 0 Å². The van der Waals surface area contributed by atoms with Gasteiger partial charge in [-0.2, -0.15) is 0 Å². The Morgan fingerprint density at radius 3 is 1.89 bits per heavy atom. The summed E-state index contributed by atoms with van der Waals surface area (Å²) in [5.41, 5.74) is 6.63. The SMILES string of the molecule is NCC1(CN(CC2CC2)CC2CC2)CCCCC1. The van der Waals surface area contributed by atoms with Crippen molar-refractivity contribution in [1.82, 2.24) is 4.90 Å². The van der Waals surface area contributed by atoms with Crippen molar-refractivity contribution in [2.75, 3.05) is 26.2 Å². The third-order valence-corrected chi connectivity index (χ3v) is 5.33. The van der Waals surface area contributed by atoms with Gasteiger partial charge < -0.3 is 10.6 Å². The van der Waals surface area contributed by atoms with Crippen LogP contribution in [0.5, 0.6) is 0 Å². The third kappa shape index (κ3) is 3.48. The third-order valence-electron chi connectivity index (χ3n) is 5.33. The Bertz CT molecular complexity index is 248. The minimum absolute atomic E-state index is 0.474. The molecule has 0 bridgehead atoms. The molecule has 0 amide bonds. The standard InChI is InChI=1S/C16H30N2/c17-12-16(8-2-1-3-9-16)13-18(10-14-4-5-14)11-15-6-7-15/h14-15H,1-13,17H2. The van der Waals surface area contributed by atoms with Crippen LogP contribution in [0, 0.1) is 17.3 Å². The topological polar surface area (TPSA) is 29.3 Å². The van der Waals surface area contributed by atoms with E-state index in [1.54, 1.807) is 0 Å². The van der Waals surface area contributed by atoms with E-state index in [0.717, 1.165) is 18.4 Å². The molecule has 0 aromatic rings. The Kier molecular flexibility index (Phi) is 3.95. The van der Waals surface area contributed by atoms with Crippen LogP contribution in [0.2, 0.25) is 0 Å². The molecule has 0 radical (unpaired) electrons. The van der Waals surface area contributed by atoms with Crippen LogP contribution >= 0.6 is 0 Å². The summed E-state index contributed by atoms with van der Waals surface area (Å²) in [6, 6.07) is 0. The van der Waals surface area contributed by atoms with Crippen LogP contribution in [-0.2, 0) is 0 Å². The Morgan fingerprint density at radius 2 is 1.44 bits per heavy atom. The van der Waals surface area contributed by atoms with Gasteiger partial charge in [0.25, 0.3) is 0 Å². The van der Waals surface area contributed by atoms with E-state index in [4.69, 9.17) is 5.73 Å². The van der Waals surface area contributed by atoms with Crippen LogP contribution in [0.25, 0.3) is 0 Å². The molecule has 0 heterocycles. The fourth-order valence-electron chi connectivity index (χ4n) is 3.74. The first-order chi connectivity index (χ1) is 8.80. The molecule has 0 atom stereocenters. The molecule has 0 unspecified atom stereocenters. The molecule has 2 heteroatoms. The molecule has 104 valence electrons. The molecule has 3 rings (SSSR count). The molecule has 2 nitrogen and oxygen atoms in total. The van der Waals surface area contributed by atoms with Gasteiger partial charge in [0, 0.05) is 19.6 Å². The molecule has 2 N–H and O–H groups in total. The van der Waals surface area contributed by atoms with E-state index in [-0.39, 0.29) is 0 Å². The van der Waals surface area contributed by atoms with Crippen LogP contribution in [0.4, 0.5) is 0 Å². The molecule has 3 aliphatic rings. The number of hydrogen-bond donors (Lipinski definition) is 1. The van der Waals surface area contributed by atoms with Gasteiger partial charge in [-0.05, 0) is 62.3 Å². The molecule has 18 heavy (non-hydrogen) atoms. The van der Waals surface area contributed by atoms with Gasteiger partial charge >= 0.3 is 0 Å². The normalized spacial score (nSPS) is 27.7. The average Bonchev–Trinajstić information content (AvgIpc) is 3.27. The van der Waals surface area contributed by atoms with E-state index in [1.165, 1.54) is 77.4 Å². The van der Waals surface area contributed by atoms with Gasteiger partial charge in [0.05, 0.1) is 0 Å². The lowest BCUT2D eigenvalue weighted by Crippen LogP contribution is -2.45. The molecule has 3 aliphatic carbocycles. The van der Waals surface area contributed by atoms with Crippen molar-refractivity contribution >= 4 is 0 Å². The van der Waals surface area contributed by atoms with Crippen molar-refractivity contribution in [3.8, 4) is 0 Å². The second kappa shape index (κ2) is 5.50. The van der Waals surface area contributed by atoms with Crippen molar-refractivity contribution in [2.45, 2.75) is 57.8 Å². The second-order valence-electron chi connectivity index (χ2n) is 7.35. The first kappa shape index (κ1) is 12.9. The van der Waals surface area contributed by atoms with E-state index in [1.807, 2.05) is 0 Å². The van der Waals surface area contributed by atoms with E-state index in [2.05, 4.69) is 4.90 Å².